The Morgan fingerprint density at radius 3 is 2.95 bits per heavy atom. The fourth-order valence-corrected chi connectivity index (χ4v) is 3.25. The minimum atomic E-state index is 0.0159. The van der Waals surface area contributed by atoms with Crippen molar-refractivity contribution in [3.8, 4) is 0 Å². The lowest BCUT2D eigenvalue weighted by atomic mass is 9.76. The number of thiazole rings is 1. The molecule has 1 heterocycles. The van der Waals surface area contributed by atoms with Crippen LogP contribution < -0.4 is 10.2 Å². The molecular weight excluding hydrogens is 280 g/mol. The molecule has 1 fully saturated rings. The Bertz CT molecular complexity index is 616. The highest BCUT2D eigenvalue weighted by molar-refractivity contribution is 7.07. The van der Waals surface area contributed by atoms with Crippen molar-refractivity contribution in [3.63, 3.8) is 0 Å². The molecule has 0 radical (unpaired) electrons. The number of hydrogen-bond acceptors (Lipinski definition) is 3. The number of nitrogens with one attached hydrogen (secondary N) is 2. The summed E-state index contributed by atoms with van der Waals surface area (Å²) < 4.78 is 0. The van der Waals surface area contributed by atoms with E-state index in [1.165, 1.54) is 16.9 Å². The summed E-state index contributed by atoms with van der Waals surface area (Å²) in [7, 11) is 0. The Kier molecular flexibility index (Phi) is 3.73. The van der Waals surface area contributed by atoms with Crippen molar-refractivity contribution in [2.75, 3.05) is 0 Å². The lowest BCUT2D eigenvalue weighted by Gasteiger charge is -2.36. The lowest BCUT2D eigenvalue weighted by molar-refractivity contribution is 0.289. The molecule has 1 aromatic heterocycles. The van der Waals surface area contributed by atoms with Crippen molar-refractivity contribution < 1.29 is 0 Å². The quantitative estimate of drug-likeness (QED) is 0.910. The third-order valence-corrected chi connectivity index (χ3v) is 4.56. The molecule has 5 heteroatoms. The van der Waals surface area contributed by atoms with Gasteiger partial charge in [-0.25, -0.2) is 0 Å². The van der Waals surface area contributed by atoms with Gasteiger partial charge in [0.15, 0.2) is 0 Å². The van der Waals surface area contributed by atoms with Gasteiger partial charge < -0.3 is 10.3 Å². The third kappa shape index (κ3) is 3.08. The maximum Gasteiger partial charge on any atom is 0.304 e. The molecule has 1 saturated carbocycles. The summed E-state index contributed by atoms with van der Waals surface area (Å²) >= 11 is 7.22. The van der Waals surface area contributed by atoms with Gasteiger partial charge in [-0.05, 0) is 36.5 Å². The molecule has 1 aromatic carbocycles. The van der Waals surface area contributed by atoms with Gasteiger partial charge in [0.2, 0.25) is 0 Å². The van der Waals surface area contributed by atoms with Crippen LogP contribution in [0.3, 0.4) is 0 Å². The van der Waals surface area contributed by atoms with Crippen LogP contribution in [0.5, 0.6) is 0 Å². The van der Waals surface area contributed by atoms with Crippen LogP contribution in [0.2, 0.25) is 5.02 Å². The molecule has 1 aliphatic carbocycles. The normalized spacial score (nSPS) is 22.2. The summed E-state index contributed by atoms with van der Waals surface area (Å²) in [6.45, 7) is 0.742. The van der Waals surface area contributed by atoms with Gasteiger partial charge in [-0.1, -0.05) is 35.1 Å². The van der Waals surface area contributed by atoms with E-state index in [-0.39, 0.29) is 4.87 Å². The molecule has 0 amide bonds. The minimum Gasteiger partial charge on any atom is -0.315 e. The summed E-state index contributed by atoms with van der Waals surface area (Å²) in [6, 6.07) is 8.65. The van der Waals surface area contributed by atoms with Crippen LogP contribution in [-0.4, -0.2) is 11.0 Å². The Morgan fingerprint density at radius 1 is 1.42 bits per heavy atom. The van der Waals surface area contributed by atoms with E-state index in [9.17, 15) is 4.79 Å². The highest BCUT2D eigenvalue weighted by atomic mass is 35.5. The van der Waals surface area contributed by atoms with Gasteiger partial charge in [-0.3, -0.25) is 4.79 Å². The Hall–Kier alpha value is -1.10. The summed E-state index contributed by atoms with van der Waals surface area (Å²) in [4.78, 5) is 13.8. The van der Waals surface area contributed by atoms with Gasteiger partial charge in [-0.15, -0.1) is 0 Å². The molecule has 0 aliphatic heterocycles. The van der Waals surface area contributed by atoms with E-state index in [0.717, 1.165) is 30.1 Å². The van der Waals surface area contributed by atoms with Crippen molar-refractivity contribution in [1.29, 1.82) is 0 Å². The molecule has 0 atom stereocenters. The first-order valence-corrected chi connectivity index (χ1v) is 7.62. The van der Waals surface area contributed by atoms with Crippen molar-refractivity contribution in [2.45, 2.75) is 31.3 Å². The van der Waals surface area contributed by atoms with Crippen LogP contribution in [0.15, 0.2) is 34.4 Å². The van der Waals surface area contributed by atoms with Gasteiger partial charge in [0.05, 0.1) is 0 Å². The number of rotatable bonds is 4. The van der Waals surface area contributed by atoms with Crippen molar-refractivity contribution in [2.24, 2.45) is 0 Å². The number of hydrogen-bond donors (Lipinski definition) is 2. The SMILES string of the molecule is O=c1[nH]c(CNC2CC(c3cccc(Cl)c3)C2)cs1. The van der Waals surface area contributed by atoms with Crippen LogP contribution in [-0.2, 0) is 6.54 Å². The zero-order chi connectivity index (χ0) is 13.2. The molecule has 1 aliphatic rings. The van der Waals surface area contributed by atoms with Crippen molar-refractivity contribution in [1.82, 2.24) is 10.3 Å². The molecule has 3 nitrogen and oxygen atoms in total. The van der Waals surface area contributed by atoms with E-state index in [1.807, 2.05) is 17.5 Å². The standard InChI is InChI=1S/C14H15ClN2OS/c15-11-3-1-2-9(4-11)10-5-12(6-10)16-7-13-8-19-14(18)17-13/h1-4,8,10,12,16H,5-7H2,(H,17,18). The van der Waals surface area contributed by atoms with E-state index in [2.05, 4.69) is 22.4 Å². The summed E-state index contributed by atoms with van der Waals surface area (Å²) in [5.74, 6) is 0.609. The number of benzene rings is 1. The summed E-state index contributed by atoms with van der Waals surface area (Å²) in [6.07, 6.45) is 2.27. The summed E-state index contributed by atoms with van der Waals surface area (Å²) in [5.41, 5.74) is 2.30. The third-order valence-electron chi connectivity index (χ3n) is 3.61. The average molecular weight is 295 g/mol. The number of H-pyrrole nitrogens is 1. The van der Waals surface area contributed by atoms with Gasteiger partial charge in [0.25, 0.3) is 0 Å². The highest BCUT2D eigenvalue weighted by Crippen LogP contribution is 2.37. The fraction of sp³-hybridized carbons (Fsp3) is 0.357. The van der Waals surface area contributed by atoms with Gasteiger partial charge in [0, 0.05) is 28.7 Å². The fourth-order valence-electron chi connectivity index (χ4n) is 2.47. The lowest BCUT2D eigenvalue weighted by Crippen LogP contribution is -2.39. The molecule has 0 unspecified atom stereocenters. The first-order chi connectivity index (χ1) is 9.20. The zero-order valence-corrected chi connectivity index (χ0v) is 11.9. The molecule has 2 N–H and O–H groups in total. The van der Waals surface area contributed by atoms with Crippen LogP contribution in [0.4, 0.5) is 0 Å². The molecule has 3 rings (SSSR count). The van der Waals surface area contributed by atoms with Crippen molar-refractivity contribution in [3.05, 3.63) is 55.6 Å². The van der Waals surface area contributed by atoms with E-state index >= 15 is 0 Å². The number of aromatic amines is 1. The van der Waals surface area contributed by atoms with Crippen molar-refractivity contribution >= 4 is 22.9 Å². The zero-order valence-electron chi connectivity index (χ0n) is 10.4. The predicted octanol–water partition coefficient (Wildman–Crippen LogP) is 3.13. The van der Waals surface area contributed by atoms with E-state index in [0.29, 0.717) is 12.0 Å². The van der Waals surface area contributed by atoms with Gasteiger partial charge in [-0.2, -0.15) is 0 Å². The predicted molar refractivity (Wildman–Crippen MR) is 79.0 cm³/mol. The van der Waals surface area contributed by atoms with E-state index in [1.54, 1.807) is 0 Å². The first kappa shape index (κ1) is 12.9. The number of aromatic nitrogens is 1. The maximum absolute atomic E-state index is 11.0. The molecule has 100 valence electrons. The smallest absolute Gasteiger partial charge is 0.304 e. The van der Waals surface area contributed by atoms with Crippen LogP contribution in [0.25, 0.3) is 0 Å². The summed E-state index contributed by atoms with van der Waals surface area (Å²) in [5, 5.41) is 6.15. The average Bonchev–Trinajstić information content (AvgIpc) is 2.73. The van der Waals surface area contributed by atoms with E-state index in [4.69, 9.17) is 11.6 Å². The first-order valence-electron chi connectivity index (χ1n) is 6.36. The molecule has 0 spiro atoms. The topological polar surface area (TPSA) is 44.9 Å². The molecule has 0 saturated heterocycles. The second-order valence-corrected chi connectivity index (χ2v) is 6.25. The molecule has 0 bridgehead atoms. The largest absolute Gasteiger partial charge is 0.315 e. The highest BCUT2D eigenvalue weighted by Gasteiger charge is 2.29. The minimum absolute atomic E-state index is 0.0159. The van der Waals surface area contributed by atoms with Crippen LogP contribution in [0.1, 0.15) is 30.0 Å². The monoisotopic (exact) mass is 294 g/mol. The Morgan fingerprint density at radius 2 is 2.26 bits per heavy atom. The van der Waals surface area contributed by atoms with Crippen LogP contribution >= 0.6 is 22.9 Å². The van der Waals surface area contributed by atoms with Gasteiger partial charge >= 0.3 is 4.87 Å². The second-order valence-electron chi connectivity index (χ2n) is 4.97. The number of halogens is 1. The molecular formula is C14H15ClN2OS. The van der Waals surface area contributed by atoms with E-state index < -0.39 is 0 Å². The van der Waals surface area contributed by atoms with Crippen LogP contribution in [0, 0.1) is 0 Å². The Labute approximate surface area is 120 Å². The second kappa shape index (κ2) is 5.49. The maximum atomic E-state index is 11.0. The Balaban J connectivity index is 1.49. The molecule has 19 heavy (non-hydrogen) atoms. The van der Waals surface area contributed by atoms with Gasteiger partial charge in [0.1, 0.15) is 0 Å². The molecule has 2 aromatic rings.